The van der Waals surface area contributed by atoms with Crippen molar-refractivity contribution in [2.24, 2.45) is 0 Å². The van der Waals surface area contributed by atoms with Gasteiger partial charge in [0.25, 0.3) is 0 Å². The molecule has 0 heterocycles. The van der Waals surface area contributed by atoms with Crippen molar-refractivity contribution in [1.82, 2.24) is 0 Å². The van der Waals surface area contributed by atoms with Crippen LogP contribution in [0, 0.1) is 0 Å². The molecule has 2 nitrogen and oxygen atoms in total. The molecule has 2 aromatic carbocycles. The minimum Gasteiger partial charge on any atom is -0.485 e. The summed E-state index contributed by atoms with van der Waals surface area (Å²) in [6.45, 7) is 0.0774. The summed E-state index contributed by atoms with van der Waals surface area (Å²) in [4.78, 5) is 11.7. The van der Waals surface area contributed by atoms with Gasteiger partial charge in [0, 0.05) is 5.56 Å². The van der Waals surface area contributed by atoms with Crippen LogP contribution in [0.1, 0.15) is 10.4 Å². The number of halogens is 1. The van der Waals surface area contributed by atoms with Gasteiger partial charge in [0.1, 0.15) is 5.75 Å². The first-order valence-electron chi connectivity index (χ1n) is 5.12. The quantitative estimate of drug-likeness (QED) is 0.776. The second-order valence-corrected chi connectivity index (χ2v) is 3.39. The molecule has 2 rings (SSSR count). The summed E-state index contributed by atoms with van der Waals surface area (Å²) in [5.74, 6) is 0.705. The third kappa shape index (κ3) is 3.93. The molecule has 0 aliphatic heterocycles. The molecule has 0 aliphatic carbocycles. The summed E-state index contributed by atoms with van der Waals surface area (Å²) < 4.78 is 5.37. The van der Waals surface area contributed by atoms with Gasteiger partial charge in [-0.1, -0.05) is 48.5 Å². The first kappa shape index (κ1) is 13.3. The minimum absolute atomic E-state index is 0. The fourth-order valence-corrected chi connectivity index (χ4v) is 1.37. The van der Waals surface area contributed by atoms with Crippen molar-refractivity contribution in [1.29, 1.82) is 0 Å². The van der Waals surface area contributed by atoms with Gasteiger partial charge in [-0.05, 0) is 12.1 Å². The molecule has 3 heteroatoms. The van der Waals surface area contributed by atoms with Crippen LogP contribution < -0.4 is 4.74 Å². The third-order valence-corrected chi connectivity index (χ3v) is 2.21. The maximum atomic E-state index is 11.7. The SMILES string of the molecule is Cl.O=C(COc1ccccc1)c1ccccc1. The number of Topliss-reactive ketones (excluding diaryl/α,β-unsaturated/α-hetero) is 1. The molecule has 0 aromatic heterocycles. The molecule has 0 aliphatic rings. The van der Waals surface area contributed by atoms with Crippen LogP contribution in [-0.4, -0.2) is 12.4 Å². The lowest BCUT2D eigenvalue weighted by Gasteiger charge is -2.04. The summed E-state index contributed by atoms with van der Waals surface area (Å²) in [6, 6.07) is 18.5. The summed E-state index contributed by atoms with van der Waals surface area (Å²) in [7, 11) is 0. The van der Waals surface area contributed by atoms with Crippen LogP contribution in [-0.2, 0) is 0 Å². The third-order valence-electron chi connectivity index (χ3n) is 2.21. The van der Waals surface area contributed by atoms with Gasteiger partial charge in [0.2, 0.25) is 0 Å². The Morgan fingerprint density at radius 1 is 0.882 bits per heavy atom. The van der Waals surface area contributed by atoms with Crippen molar-refractivity contribution >= 4 is 18.2 Å². The van der Waals surface area contributed by atoms with Crippen molar-refractivity contribution in [2.75, 3.05) is 6.61 Å². The van der Waals surface area contributed by atoms with Gasteiger partial charge >= 0.3 is 0 Å². The Morgan fingerprint density at radius 2 is 1.41 bits per heavy atom. The highest BCUT2D eigenvalue weighted by Gasteiger charge is 2.05. The van der Waals surface area contributed by atoms with E-state index < -0.39 is 0 Å². The number of carbonyl (C=O) groups excluding carboxylic acids is 1. The fourth-order valence-electron chi connectivity index (χ4n) is 1.37. The Labute approximate surface area is 107 Å². The van der Waals surface area contributed by atoms with Gasteiger partial charge in [-0.25, -0.2) is 0 Å². The number of hydrogen-bond donors (Lipinski definition) is 0. The molecule has 0 saturated heterocycles. The predicted molar refractivity (Wildman–Crippen MR) is 70.0 cm³/mol. The molecule has 17 heavy (non-hydrogen) atoms. The Bertz CT molecular complexity index is 454. The molecule has 0 fully saturated rings. The van der Waals surface area contributed by atoms with Crippen LogP contribution in [0.2, 0.25) is 0 Å². The topological polar surface area (TPSA) is 26.3 Å². The van der Waals surface area contributed by atoms with Gasteiger partial charge in [-0.2, -0.15) is 0 Å². The number of rotatable bonds is 4. The molecule has 0 spiro atoms. The molecule has 0 radical (unpaired) electrons. The lowest BCUT2D eigenvalue weighted by Crippen LogP contribution is -2.11. The Balaban J connectivity index is 0.00000144. The van der Waals surface area contributed by atoms with Crippen molar-refractivity contribution < 1.29 is 9.53 Å². The molecule has 0 unspecified atom stereocenters. The van der Waals surface area contributed by atoms with Crippen LogP contribution in [0.25, 0.3) is 0 Å². The van der Waals surface area contributed by atoms with E-state index in [0.717, 1.165) is 0 Å². The molecule has 2 aromatic rings. The number of benzene rings is 2. The van der Waals surface area contributed by atoms with E-state index in [2.05, 4.69) is 0 Å². The highest BCUT2D eigenvalue weighted by atomic mass is 35.5. The summed E-state index contributed by atoms with van der Waals surface area (Å²) in [5, 5.41) is 0. The average molecular weight is 249 g/mol. The smallest absolute Gasteiger partial charge is 0.200 e. The molecule has 0 amide bonds. The van der Waals surface area contributed by atoms with Crippen molar-refractivity contribution in [3.63, 3.8) is 0 Å². The van der Waals surface area contributed by atoms with Crippen LogP contribution in [0.4, 0.5) is 0 Å². The van der Waals surface area contributed by atoms with Crippen molar-refractivity contribution in [3.05, 3.63) is 66.2 Å². The minimum atomic E-state index is -0.00977. The summed E-state index contributed by atoms with van der Waals surface area (Å²) in [6.07, 6.45) is 0. The van der Waals surface area contributed by atoms with Gasteiger partial charge in [-0.3, -0.25) is 4.79 Å². The van der Waals surface area contributed by atoms with Crippen LogP contribution in [0.3, 0.4) is 0 Å². The maximum absolute atomic E-state index is 11.7. The second-order valence-electron chi connectivity index (χ2n) is 3.39. The van der Waals surface area contributed by atoms with E-state index in [0.29, 0.717) is 11.3 Å². The standard InChI is InChI=1S/C14H12O2.ClH/c15-14(12-7-3-1-4-8-12)11-16-13-9-5-2-6-10-13;/h1-10H,11H2;1H. The monoisotopic (exact) mass is 248 g/mol. The number of hydrogen-bond acceptors (Lipinski definition) is 2. The zero-order valence-corrected chi connectivity index (χ0v) is 10.0. The highest BCUT2D eigenvalue weighted by Crippen LogP contribution is 2.09. The number of carbonyl (C=O) groups is 1. The summed E-state index contributed by atoms with van der Waals surface area (Å²) >= 11 is 0. The van der Waals surface area contributed by atoms with Crippen LogP contribution in [0.15, 0.2) is 60.7 Å². The molecular formula is C14H13ClO2. The molecule has 0 saturated carbocycles. The van der Waals surface area contributed by atoms with Crippen LogP contribution in [0.5, 0.6) is 5.75 Å². The van der Waals surface area contributed by atoms with E-state index in [4.69, 9.17) is 4.74 Å². The number of ether oxygens (including phenoxy) is 1. The Kier molecular flexibility index (Phi) is 5.24. The first-order chi connectivity index (χ1) is 7.86. The maximum Gasteiger partial charge on any atom is 0.200 e. The molecule has 0 bridgehead atoms. The largest absolute Gasteiger partial charge is 0.485 e. The average Bonchev–Trinajstić information content (AvgIpc) is 2.38. The van der Waals surface area contributed by atoms with Crippen LogP contribution >= 0.6 is 12.4 Å². The van der Waals surface area contributed by atoms with E-state index in [1.165, 1.54) is 0 Å². The Morgan fingerprint density at radius 3 is 2.00 bits per heavy atom. The predicted octanol–water partition coefficient (Wildman–Crippen LogP) is 3.37. The van der Waals surface area contributed by atoms with Gasteiger partial charge in [0.15, 0.2) is 12.4 Å². The van der Waals surface area contributed by atoms with E-state index >= 15 is 0 Å². The second kappa shape index (κ2) is 6.71. The van der Waals surface area contributed by atoms with Crippen molar-refractivity contribution in [3.8, 4) is 5.75 Å². The molecule has 0 N–H and O–H groups in total. The lowest BCUT2D eigenvalue weighted by molar-refractivity contribution is 0.0921. The van der Waals surface area contributed by atoms with E-state index in [1.54, 1.807) is 12.1 Å². The fraction of sp³-hybridized carbons (Fsp3) is 0.0714. The van der Waals surface area contributed by atoms with Crippen molar-refractivity contribution in [2.45, 2.75) is 0 Å². The highest BCUT2D eigenvalue weighted by molar-refractivity contribution is 5.97. The first-order valence-corrected chi connectivity index (χ1v) is 5.12. The van der Waals surface area contributed by atoms with E-state index in [9.17, 15) is 4.79 Å². The van der Waals surface area contributed by atoms with Gasteiger partial charge in [0.05, 0.1) is 0 Å². The lowest BCUT2D eigenvalue weighted by atomic mass is 10.1. The molecule has 0 atom stereocenters. The zero-order chi connectivity index (χ0) is 11.2. The summed E-state index contributed by atoms with van der Waals surface area (Å²) in [5.41, 5.74) is 0.679. The number of para-hydroxylation sites is 1. The van der Waals surface area contributed by atoms with E-state index in [-0.39, 0.29) is 24.8 Å². The van der Waals surface area contributed by atoms with E-state index in [1.807, 2.05) is 48.5 Å². The van der Waals surface area contributed by atoms with Gasteiger partial charge < -0.3 is 4.74 Å². The van der Waals surface area contributed by atoms with Gasteiger partial charge in [-0.15, -0.1) is 12.4 Å². The normalized spacial score (nSPS) is 9.18. The number of ketones is 1. The molecule has 88 valence electrons. The Hall–Kier alpha value is -1.80. The zero-order valence-electron chi connectivity index (χ0n) is 9.21. The molecular weight excluding hydrogens is 236 g/mol.